The van der Waals surface area contributed by atoms with Gasteiger partial charge in [-0.1, -0.05) is 48.6 Å². The molecule has 1 N–H and O–H groups in total. The summed E-state index contributed by atoms with van der Waals surface area (Å²) in [4.78, 5) is 4.53. The van der Waals surface area contributed by atoms with Gasteiger partial charge in [-0.05, 0) is 53.1 Å². The number of benzene rings is 3. The normalized spacial score (nSPS) is 18.8. The lowest BCUT2D eigenvalue weighted by molar-refractivity contribution is 0.727. The van der Waals surface area contributed by atoms with Gasteiger partial charge in [0.25, 0.3) is 0 Å². The summed E-state index contributed by atoms with van der Waals surface area (Å²) in [6, 6.07) is 26.6. The SMILES string of the molecule is C1=CC2c3cc4sc5ccc(-c6ccccn6)cc5c4cc3NC2c2ccccc21. The molecule has 1 aliphatic carbocycles. The fraction of sp³-hybridized carbons (Fsp3) is 0.0741. The minimum atomic E-state index is 0.327. The monoisotopic (exact) mass is 402 g/mol. The van der Waals surface area contributed by atoms with Gasteiger partial charge < -0.3 is 5.32 Å². The highest BCUT2D eigenvalue weighted by atomic mass is 32.1. The first-order valence-electron chi connectivity index (χ1n) is 10.3. The van der Waals surface area contributed by atoms with Crippen LogP contribution < -0.4 is 5.32 Å². The van der Waals surface area contributed by atoms with Crippen molar-refractivity contribution in [3.8, 4) is 11.3 Å². The van der Waals surface area contributed by atoms with Crippen LogP contribution in [0.25, 0.3) is 37.5 Å². The molecule has 2 aromatic heterocycles. The van der Waals surface area contributed by atoms with Crippen LogP contribution in [0.2, 0.25) is 0 Å². The first-order valence-corrected chi connectivity index (χ1v) is 11.1. The molecule has 30 heavy (non-hydrogen) atoms. The lowest BCUT2D eigenvalue weighted by Gasteiger charge is -2.24. The van der Waals surface area contributed by atoms with E-state index in [4.69, 9.17) is 0 Å². The summed E-state index contributed by atoms with van der Waals surface area (Å²) >= 11 is 1.88. The highest BCUT2D eigenvalue weighted by molar-refractivity contribution is 7.25. The Kier molecular flexibility index (Phi) is 3.29. The maximum absolute atomic E-state index is 4.53. The zero-order chi connectivity index (χ0) is 19.7. The topological polar surface area (TPSA) is 24.9 Å². The summed E-state index contributed by atoms with van der Waals surface area (Å²) in [5.74, 6) is 0.397. The Morgan fingerprint density at radius 1 is 0.800 bits per heavy atom. The van der Waals surface area contributed by atoms with Crippen molar-refractivity contribution in [2.45, 2.75) is 12.0 Å². The van der Waals surface area contributed by atoms with Crippen LogP contribution in [0.15, 0.2) is 85.1 Å². The zero-order valence-corrected chi connectivity index (χ0v) is 17.0. The highest BCUT2D eigenvalue weighted by Gasteiger charge is 2.35. The fourth-order valence-corrected chi connectivity index (χ4v) is 6.12. The van der Waals surface area contributed by atoms with Crippen LogP contribution in [0.4, 0.5) is 5.69 Å². The van der Waals surface area contributed by atoms with Crippen LogP contribution in [0.1, 0.15) is 28.7 Å². The van der Waals surface area contributed by atoms with E-state index in [1.807, 2.05) is 29.7 Å². The van der Waals surface area contributed by atoms with E-state index in [0.717, 1.165) is 5.69 Å². The predicted molar refractivity (Wildman–Crippen MR) is 127 cm³/mol. The standard InChI is InChI=1S/C27H18N2S/c1-2-6-18-16(5-1)8-10-19-20-15-26-22(14-24(20)29-27(18)19)21-13-17(9-11-25(21)30-26)23-7-3-4-12-28-23/h1-15,19,27,29H. The molecule has 0 amide bonds. The molecule has 142 valence electrons. The van der Waals surface area contributed by atoms with E-state index in [9.17, 15) is 0 Å². The molecule has 1 aliphatic heterocycles. The highest BCUT2D eigenvalue weighted by Crippen LogP contribution is 2.51. The summed E-state index contributed by atoms with van der Waals surface area (Å²) in [6.07, 6.45) is 6.50. The number of hydrogen-bond donors (Lipinski definition) is 1. The zero-order valence-electron chi connectivity index (χ0n) is 16.2. The smallest absolute Gasteiger partial charge is 0.0702 e. The van der Waals surface area contributed by atoms with Crippen molar-refractivity contribution in [1.82, 2.24) is 4.98 Å². The molecule has 3 aromatic carbocycles. The van der Waals surface area contributed by atoms with Gasteiger partial charge in [-0.15, -0.1) is 11.3 Å². The molecular weight excluding hydrogens is 384 g/mol. The molecule has 3 heterocycles. The van der Waals surface area contributed by atoms with Crippen LogP contribution in [0.3, 0.4) is 0 Å². The van der Waals surface area contributed by atoms with Gasteiger partial charge in [0.05, 0.1) is 11.7 Å². The average molecular weight is 403 g/mol. The van der Waals surface area contributed by atoms with E-state index < -0.39 is 0 Å². The van der Waals surface area contributed by atoms with Crippen LogP contribution in [-0.4, -0.2) is 4.98 Å². The molecular formula is C27H18N2S. The Morgan fingerprint density at radius 3 is 2.63 bits per heavy atom. The molecule has 0 saturated carbocycles. The second-order valence-corrected chi connectivity index (χ2v) is 9.18. The molecule has 0 radical (unpaired) electrons. The van der Waals surface area contributed by atoms with Crippen molar-refractivity contribution >= 4 is 43.3 Å². The lowest BCUT2D eigenvalue weighted by Crippen LogP contribution is -2.14. The van der Waals surface area contributed by atoms with Gasteiger partial charge in [-0.3, -0.25) is 4.98 Å². The van der Waals surface area contributed by atoms with Crippen LogP contribution in [0.5, 0.6) is 0 Å². The van der Waals surface area contributed by atoms with Gasteiger partial charge in [0, 0.05) is 43.5 Å². The van der Waals surface area contributed by atoms with E-state index in [-0.39, 0.29) is 0 Å². The fourth-order valence-electron chi connectivity index (χ4n) is 5.01. The lowest BCUT2D eigenvalue weighted by atomic mass is 9.83. The molecule has 7 rings (SSSR count). The van der Waals surface area contributed by atoms with E-state index in [0.29, 0.717) is 12.0 Å². The summed E-state index contributed by atoms with van der Waals surface area (Å²) in [6.45, 7) is 0. The van der Waals surface area contributed by atoms with Crippen molar-refractivity contribution in [1.29, 1.82) is 0 Å². The third kappa shape index (κ3) is 2.27. The number of pyridine rings is 1. The van der Waals surface area contributed by atoms with Gasteiger partial charge in [-0.2, -0.15) is 0 Å². The van der Waals surface area contributed by atoms with Crippen LogP contribution in [-0.2, 0) is 0 Å². The molecule has 0 saturated heterocycles. The third-order valence-electron chi connectivity index (χ3n) is 6.45. The second kappa shape index (κ2) is 6.04. The van der Waals surface area contributed by atoms with Crippen molar-refractivity contribution in [3.05, 3.63) is 102 Å². The molecule has 2 atom stereocenters. The number of rotatable bonds is 1. The number of nitrogens with one attached hydrogen (secondary N) is 1. The number of aromatic nitrogens is 1. The Hall–Kier alpha value is -3.43. The largest absolute Gasteiger partial charge is 0.377 e. The Morgan fingerprint density at radius 2 is 1.70 bits per heavy atom. The summed E-state index contributed by atoms with van der Waals surface area (Å²) in [7, 11) is 0. The third-order valence-corrected chi connectivity index (χ3v) is 7.58. The van der Waals surface area contributed by atoms with Crippen LogP contribution >= 0.6 is 11.3 Å². The number of hydrogen-bond acceptors (Lipinski definition) is 3. The Bertz CT molecular complexity index is 1480. The first kappa shape index (κ1) is 16.4. The average Bonchev–Trinajstić information content (AvgIpc) is 3.35. The number of fused-ring (bicyclic) bond motifs is 8. The molecule has 3 heteroatoms. The van der Waals surface area contributed by atoms with E-state index in [1.165, 1.54) is 48.1 Å². The summed E-state index contributed by atoms with van der Waals surface area (Å²) in [5.41, 5.74) is 7.59. The van der Waals surface area contributed by atoms with Gasteiger partial charge in [0.2, 0.25) is 0 Å². The molecule has 5 aromatic rings. The molecule has 2 aliphatic rings. The molecule has 0 fully saturated rings. The van der Waals surface area contributed by atoms with Crippen molar-refractivity contribution in [2.24, 2.45) is 0 Å². The van der Waals surface area contributed by atoms with Gasteiger partial charge in [0.1, 0.15) is 0 Å². The maximum Gasteiger partial charge on any atom is 0.0702 e. The van der Waals surface area contributed by atoms with Crippen molar-refractivity contribution in [3.63, 3.8) is 0 Å². The maximum atomic E-state index is 4.53. The quantitative estimate of drug-likeness (QED) is 0.316. The minimum absolute atomic E-state index is 0.327. The molecule has 2 nitrogen and oxygen atoms in total. The molecule has 0 spiro atoms. The van der Waals surface area contributed by atoms with E-state index in [2.05, 4.69) is 83.1 Å². The number of nitrogens with zero attached hydrogens (tertiary/aromatic N) is 1. The van der Waals surface area contributed by atoms with Crippen molar-refractivity contribution in [2.75, 3.05) is 5.32 Å². The summed E-state index contributed by atoms with van der Waals surface area (Å²) in [5, 5.41) is 6.47. The Labute approximate surface area is 178 Å². The first-order chi connectivity index (χ1) is 14.8. The number of anilines is 1. The van der Waals surface area contributed by atoms with Gasteiger partial charge >= 0.3 is 0 Å². The second-order valence-electron chi connectivity index (χ2n) is 8.10. The van der Waals surface area contributed by atoms with Crippen LogP contribution in [0, 0.1) is 0 Å². The van der Waals surface area contributed by atoms with Gasteiger partial charge in [0.15, 0.2) is 0 Å². The Balaban J connectivity index is 1.40. The van der Waals surface area contributed by atoms with E-state index in [1.54, 1.807) is 0 Å². The summed E-state index contributed by atoms with van der Waals surface area (Å²) < 4.78 is 2.69. The van der Waals surface area contributed by atoms with E-state index >= 15 is 0 Å². The number of thiophene rings is 1. The molecule has 0 bridgehead atoms. The minimum Gasteiger partial charge on any atom is -0.377 e. The predicted octanol–water partition coefficient (Wildman–Crippen LogP) is 7.39. The van der Waals surface area contributed by atoms with Crippen molar-refractivity contribution < 1.29 is 0 Å². The van der Waals surface area contributed by atoms with Gasteiger partial charge in [-0.25, -0.2) is 0 Å². The molecule has 2 unspecified atom stereocenters.